The van der Waals surface area contributed by atoms with Crippen molar-refractivity contribution in [2.75, 3.05) is 46.2 Å². The number of aliphatic hydroxyl groups is 9. The first-order chi connectivity index (χ1) is 32.9. The minimum absolute atomic E-state index is 0. The van der Waals surface area contributed by atoms with Crippen molar-refractivity contribution in [2.24, 2.45) is 23.7 Å². The van der Waals surface area contributed by atoms with Crippen LogP contribution in [0, 0.1) is 23.7 Å². The van der Waals surface area contributed by atoms with Crippen LogP contribution in [-0.2, 0) is 96.0 Å². The molecule has 0 radical (unpaired) electrons. The van der Waals surface area contributed by atoms with E-state index in [0.717, 1.165) is 6.92 Å². The molecule has 37 heteroatoms. The fourth-order valence-corrected chi connectivity index (χ4v) is 9.41. The van der Waals surface area contributed by atoms with Gasteiger partial charge in [0.2, 0.25) is 12.0 Å². The van der Waals surface area contributed by atoms with E-state index in [9.17, 15) is 100 Å². The van der Waals surface area contributed by atoms with Crippen LogP contribution in [0.4, 0.5) is 0 Å². The van der Waals surface area contributed by atoms with Crippen molar-refractivity contribution in [1.29, 1.82) is 0 Å². The van der Waals surface area contributed by atoms with Crippen LogP contribution in [0.5, 0.6) is 0 Å². The van der Waals surface area contributed by atoms with Gasteiger partial charge in [0, 0.05) is 17.8 Å². The van der Waals surface area contributed by atoms with Crippen LogP contribution < -0.4 is 0 Å². The van der Waals surface area contributed by atoms with Crippen molar-refractivity contribution >= 4 is 43.1 Å². The van der Waals surface area contributed by atoms with Gasteiger partial charge >= 0.3 is 43.1 Å². The third-order valence-corrected chi connectivity index (χ3v) is 13.2. The Hall–Kier alpha value is -2.59. The van der Waals surface area contributed by atoms with Crippen molar-refractivity contribution in [3.63, 3.8) is 0 Å². The molecule has 0 aliphatic carbocycles. The molecule has 0 bridgehead atoms. The minimum Gasteiger partial charge on any atom is -0.479 e. The monoisotopic (exact) mass is 1120 g/mol. The van der Waals surface area contributed by atoms with E-state index in [4.69, 9.17) is 47.2 Å². The van der Waals surface area contributed by atoms with Crippen LogP contribution in [0.2, 0.25) is 0 Å². The van der Waals surface area contributed by atoms with Crippen molar-refractivity contribution in [3.8, 4) is 0 Å². The third-order valence-electron chi connectivity index (χ3n) is 11.8. The number of ether oxygens (including phenoxy) is 9. The summed E-state index contributed by atoms with van der Waals surface area (Å²) in [6.45, 7) is -4.79. The topological polar surface area (TPSA) is 531 Å². The van der Waals surface area contributed by atoms with Crippen molar-refractivity contribution in [3.05, 3.63) is 11.8 Å². The number of carboxylic acid groups (broad SMARTS) is 2. The highest BCUT2D eigenvalue weighted by molar-refractivity contribution is 7.81. The average Bonchev–Trinajstić information content (AvgIpc) is 3.26. The zero-order valence-corrected chi connectivity index (χ0v) is 38.8. The standard InChI is InChI=1S/C34H54O34S3.CH4/c1-10-26(67-70(51,52)53)25(43)28(68-71(54,55)56)34(63-10)61-6-12-11(4-57-18(19(12)37)9-62-69(48,49)50)5-58-32-22(40)13(21(39)27(66-32)30(46)47)7-59-31-14(20(38)24(42)17(3-35)65-31)8-60-33-23(41)15(36)2-16(64-33)29(44)45;/h2,10-15,17-28,31-43H,3-9H2,1H3,(H,44,45)(H,46,47)(H,48,49,50)(H,51,52,53)(H,54,55,56);1H4/t10?,11?,12?,13?,14?,15?,17?,18?,19-,20?,21-,22?,23?,24+,25?,26+,27?,28?,31?,32+,33+,34+;/m0./s1. The Kier molecular flexibility index (Phi) is 21.9. The molecule has 5 aliphatic heterocycles. The Morgan fingerprint density at radius 2 is 1.17 bits per heavy atom. The molecule has 72 heavy (non-hydrogen) atoms. The van der Waals surface area contributed by atoms with E-state index in [-0.39, 0.29) is 7.43 Å². The van der Waals surface area contributed by atoms with Crippen molar-refractivity contribution in [1.82, 2.24) is 0 Å². The Morgan fingerprint density at radius 1 is 0.597 bits per heavy atom. The number of hydrogen-bond donors (Lipinski definition) is 14. The van der Waals surface area contributed by atoms with Crippen LogP contribution in [-0.4, -0.2) is 264 Å². The van der Waals surface area contributed by atoms with Crippen LogP contribution >= 0.6 is 0 Å². The largest absolute Gasteiger partial charge is 0.479 e. The predicted molar refractivity (Wildman–Crippen MR) is 220 cm³/mol. The van der Waals surface area contributed by atoms with E-state index in [1.54, 1.807) is 0 Å². The van der Waals surface area contributed by atoms with E-state index in [1.807, 2.05) is 0 Å². The minimum atomic E-state index is -5.51. The smallest absolute Gasteiger partial charge is 0.397 e. The van der Waals surface area contributed by atoms with Gasteiger partial charge in [0.05, 0.1) is 76.6 Å². The fourth-order valence-electron chi connectivity index (χ4n) is 8.07. The molecule has 5 aliphatic rings. The number of carboxylic acids is 2. The quantitative estimate of drug-likeness (QED) is 0.0448. The second kappa shape index (κ2) is 25.5. The van der Waals surface area contributed by atoms with E-state index >= 15 is 0 Å². The molecule has 420 valence electrons. The molecule has 0 spiro atoms. The Balaban J connectivity index is 0.0000112. The van der Waals surface area contributed by atoms with Crippen LogP contribution in [0.15, 0.2) is 11.8 Å². The van der Waals surface area contributed by atoms with Gasteiger partial charge in [-0.05, 0) is 13.0 Å². The molecule has 0 aromatic heterocycles. The van der Waals surface area contributed by atoms with Gasteiger partial charge < -0.3 is 98.8 Å². The number of aliphatic carboxylic acids is 2. The predicted octanol–water partition coefficient (Wildman–Crippen LogP) is -7.77. The van der Waals surface area contributed by atoms with Crippen LogP contribution in [0.25, 0.3) is 0 Å². The highest BCUT2D eigenvalue weighted by Crippen LogP contribution is 2.36. The number of carbonyl (C=O) groups is 2. The van der Waals surface area contributed by atoms with Gasteiger partial charge in [0.1, 0.15) is 48.8 Å². The Labute approximate surface area is 408 Å². The highest BCUT2D eigenvalue weighted by Gasteiger charge is 2.53. The SMILES string of the molecule is C.CC1O[C@@H](OCC2C(CO[C@@H]3OC(C(=O)O)[C@@H](O)C(COC4OC(CO)[C@@H](O)C(O)C4CO[C@@H]4OC(C(=O)O)=CC(O)C4O)C3O)COC(COS(=O)(=O)O)[C@H]2O)C(OS(=O)(=O)O)C(O)[C@@H]1OS(=O)(=O)O. The molecular formula is C35H58O34S3. The van der Waals surface area contributed by atoms with Gasteiger partial charge in [-0.2, -0.15) is 25.3 Å². The molecule has 0 aromatic rings. The summed E-state index contributed by atoms with van der Waals surface area (Å²) in [5.74, 6) is -10.2. The second-order valence-electron chi connectivity index (χ2n) is 16.6. The summed E-state index contributed by atoms with van der Waals surface area (Å²) in [6, 6.07) is 0. The lowest BCUT2D eigenvalue weighted by Gasteiger charge is -2.45. The Bertz CT molecular complexity index is 2160. The molecule has 0 saturated carbocycles. The molecule has 14 N–H and O–H groups in total. The highest BCUT2D eigenvalue weighted by atomic mass is 32.3. The third kappa shape index (κ3) is 16.0. The van der Waals surface area contributed by atoms with Gasteiger partial charge in [-0.1, -0.05) is 7.43 Å². The van der Waals surface area contributed by atoms with E-state index in [0.29, 0.717) is 6.08 Å². The maximum Gasteiger partial charge on any atom is 0.397 e. The van der Waals surface area contributed by atoms with E-state index in [1.165, 1.54) is 0 Å². The first kappa shape index (κ1) is 62.0. The first-order valence-electron chi connectivity index (χ1n) is 20.8. The lowest BCUT2D eigenvalue weighted by molar-refractivity contribution is -0.322. The molecule has 4 fully saturated rings. The molecule has 5 heterocycles. The van der Waals surface area contributed by atoms with Gasteiger partial charge in [-0.25, -0.2) is 22.1 Å². The molecular weight excluding hydrogens is 1060 g/mol. The summed E-state index contributed by atoms with van der Waals surface area (Å²) in [5.41, 5.74) is 0. The molecule has 0 amide bonds. The van der Waals surface area contributed by atoms with Gasteiger partial charge in [-0.15, -0.1) is 0 Å². The first-order valence-corrected chi connectivity index (χ1v) is 24.9. The molecule has 22 atom stereocenters. The zero-order chi connectivity index (χ0) is 53.1. The molecule has 0 aromatic carbocycles. The maximum atomic E-state index is 12.3. The van der Waals surface area contributed by atoms with Crippen LogP contribution in [0.3, 0.4) is 0 Å². The van der Waals surface area contributed by atoms with Crippen molar-refractivity contribution in [2.45, 2.75) is 125 Å². The van der Waals surface area contributed by atoms with Gasteiger partial charge in [-0.3, -0.25) is 13.7 Å². The summed E-state index contributed by atoms with van der Waals surface area (Å²) < 4.78 is 159. The lowest BCUT2D eigenvalue weighted by atomic mass is 9.84. The van der Waals surface area contributed by atoms with Crippen LogP contribution in [0.1, 0.15) is 14.4 Å². The zero-order valence-electron chi connectivity index (χ0n) is 36.4. The second-order valence-corrected chi connectivity index (χ2v) is 19.8. The average molecular weight is 1120 g/mol. The number of rotatable bonds is 22. The lowest BCUT2D eigenvalue weighted by Crippen LogP contribution is -2.61. The molecule has 34 nitrogen and oxygen atoms in total. The molecule has 15 unspecified atom stereocenters. The number of aliphatic hydroxyl groups excluding tert-OH is 9. The van der Waals surface area contributed by atoms with E-state index < -0.39 is 229 Å². The maximum absolute atomic E-state index is 12.3. The summed E-state index contributed by atoms with van der Waals surface area (Å²) in [4.78, 5) is 23.8. The molecule has 4 saturated heterocycles. The number of hydrogen-bond acceptors (Lipinski definition) is 29. The summed E-state index contributed by atoms with van der Waals surface area (Å²) >= 11 is 0. The molecule has 5 rings (SSSR count). The van der Waals surface area contributed by atoms with Crippen molar-refractivity contribution < 1.29 is 160 Å². The summed E-state index contributed by atoms with van der Waals surface area (Å²) in [5, 5.41) is 116. The van der Waals surface area contributed by atoms with E-state index in [2.05, 4.69) is 12.5 Å². The normalized spacial score (nSPS) is 41.1. The van der Waals surface area contributed by atoms with Gasteiger partial charge in [0.25, 0.3) is 0 Å². The Morgan fingerprint density at radius 3 is 1.75 bits per heavy atom. The fraction of sp³-hybridized carbons (Fsp3) is 0.886. The summed E-state index contributed by atoms with van der Waals surface area (Å²) in [6.07, 6.45) is -34.4. The summed E-state index contributed by atoms with van der Waals surface area (Å²) in [7, 11) is -16.0. The van der Waals surface area contributed by atoms with Gasteiger partial charge in [0.15, 0.2) is 31.1 Å².